The lowest BCUT2D eigenvalue weighted by Gasteiger charge is -2.23. The second-order valence-corrected chi connectivity index (χ2v) is 6.53. The number of benzene rings is 1. The molecule has 0 radical (unpaired) electrons. The highest BCUT2D eigenvalue weighted by Crippen LogP contribution is 2.27. The van der Waals surface area contributed by atoms with E-state index in [2.05, 4.69) is 5.32 Å². The fourth-order valence-electron chi connectivity index (χ4n) is 2.26. The van der Waals surface area contributed by atoms with E-state index in [4.69, 9.17) is 23.8 Å². The smallest absolute Gasteiger partial charge is 0.251 e. The normalized spacial score (nSPS) is 20.1. The molecule has 1 amide bonds. The van der Waals surface area contributed by atoms with Gasteiger partial charge in [-0.1, -0.05) is 23.7 Å². The minimum Gasteiger partial charge on any atom is -0.350 e. The van der Waals surface area contributed by atoms with Gasteiger partial charge in [0.25, 0.3) is 5.91 Å². The van der Waals surface area contributed by atoms with Gasteiger partial charge in [-0.15, -0.1) is 0 Å². The van der Waals surface area contributed by atoms with Gasteiger partial charge in [-0.2, -0.15) is 11.8 Å². The number of rotatable bonds is 5. The van der Waals surface area contributed by atoms with Crippen LogP contribution >= 0.6 is 35.6 Å². The van der Waals surface area contributed by atoms with Crippen molar-refractivity contribution in [3.8, 4) is 0 Å². The van der Waals surface area contributed by atoms with Gasteiger partial charge < -0.3 is 5.32 Å². The van der Waals surface area contributed by atoms with Crippen molar-refractivity contribution in [3.05, 3.63) is 34.9 Å². The van der Waals surface area contributed by atoms with E-state index >= 15 is 0 Å². The number of hydrogen-bond acceptors (Lipinski definition) is 3. The summed E-state index contributed by atoms with van der Waals surface area (Å²) in [6.07, 6.45) is 2.82. The van der Waals surface area contributed by atoms with Gasteiger partial charge in [-0.05, 0) is 55.3 Å². The van der Waals surface area contributed by atoms with Crippen molar-refractivity contribution in [2.24, 2.45) is 0 Å². The van der Waals surface area contributed by atoms with Crippen molar-refractivity contribution in [1.29, 1.82) is 0 Å². The van der Waals surface area contributed by atoms with Crippen LogP contribution in [0.3, 0.4) is 0 Å². The maximum atomic E-state index is 12.5. The molecule has 1 aromatic rings. The summed E-state index contributed by atoms with van der Waals surface area (Å²) < 4.78 is 0. The molecule has 1 aromatic carbocycles. The molecule has 1 aliphatic rings. The first kappa shape index (κ1) is 15.6. The SMILES string of the molecule is CSCC[C@H]1NC(=S)N([C@@H](C)c2cccc(Cl)c2)C1=O. The largest absolute Gasteiger partial charge is 0.350 e. The molecule has 2 rings (SSSR count). The Hall–Kier alpha value is -0.780. The average Bonchev–Trinajstić information content (AvgIpc) is 2.70. The van der Waals surface area contributed by atoms with E-state index < -0.39 is 0 Å². The van der Waals surface area contributed by atoms with Crippen molar-refractivity contribution >= 4 is 46.6 Å². The Bertz CT molecular complexity index is 524. The van der Waals surface area contributed by atoms with Crippen molar-refractivity contribution in [2.45, 2.75) is 25.4 Å². The number of thioether (sulfide) groups is 1. The van der Waals surface area contributed by atoms with E-state index in [0.717, 1.165) is 17.7 Å². The van der Waals surface area contributed by atoms with Gasteiger partial charge in [-0.3, -0.25) is 9.69 Å². The monoisotopic (exact) mass is 328 g/mol. The quantitative estimate of drug-likeness (QED) is 0.841. The Morgan fingerprint density at radius 1 is 1.55 bits per heavy atom. The molecule has 0 spiro atoms. The Kier molecular flexibility index (Phi) is 5.29. The Labute approximate surface area is 134 Å². The first-order valence-electron chi connectivity index (χ1n) is 6.42. The van der Waals surface area contributed by atoms with Crippen molar-refractivity contribution in [3.63, 3.8) is 0 Å². The molecule has 108 valence electrons. The molecule has 2 atom stereocenters. The van der Waals surface area contributed by atoms with Crippen molar-refractivity contribution in [1.82, 2.24) is 10.2 Å². The predicted molar refractivity (Wildman–Crippen MR) is 89.2 cm³/mol. The summed E-state index contributed by atoms with van der Waals surface area (Å²) in [5.41, 5.74) is 0.987. The van der Waals surface area contributed by atoms with Gasteiger partial charge in [0.15, 0.2) is 5.11 Å². The minimum absolute atomic E-state index is 0.0523. The maximum Gasteiger partial charge on any atom is 0.251 e. The molecule has 0 aromatic heterocycles. The zero-order chi connectivity index (χ0) is 14.7. The molecule has 1 heterocycles. The van der Waals surface area contributed by atoms with Gasteiger partial charge in [0.05, 0.1) is 6.04 Å². The van der Waals surface area contributed by atoms with Crippen molar-refractivity contribution in [2.75, 3.05) is 12.0 Å². The molecule has 0 unspecified atom stereocenters. The van der Waals surface area contributed by atoms with E-state index in [0.29, 0.717) is 10.1 Å². The fraction of sp³-hybridized carbons (Fsp3) is 0.429. The molecule has 0 saturated carbocycles. The van der Waals surface area contributed by atoms with Gasteiger partial charge in [-0.25, -0.2) is 0 Å². The zero-order valence-corrected chi connectivity index (χ0v) is 13.8. The second kappa shape index (κ2) is 6.78. The van der Waals surface area contributed by atoms with Crippen LogP contribution in [0, 0.1) is 0 Å². The van der Waals surface area contributed by atoms with Crippen molar-refractivity contribution < 1.29 is 4.79 Å². The standard InChI is InChI=1S/C14H17ClN2OS2/c1-9(10-4-3-5-11(15)8-10)17-13(18)12(6-7-20-2)16-14(17)19/h3-5,8-9,12H,6-7H2,1-2H3,(H,16,19)/t9-,12+/m0/s1. The van der Waals surface area contributed by atoms with Gasteiger partial charge in [0.2, 0.25) is 0 Å². The van der Waals surface area contributed by atoms with Crippen LogP contribution in [0.25, 0.3) is 0 Å². The maximum absolute atomic E-state index is 12.5. The lowest BCUT2D eigenvalue weighted by atomic mass is 10.1. The van der Waals surface area contributed by atoms with Crippen LogP contribution in [0.4, 0.5) is 0 Å². The number of thiocarbonyl (C=S) groups is 1. The topological polar surface area (TPSA) is 32.3 Å². The molecule has 1 aliphatic heterocycles. The van der Waals surface area contributed by atoms with Gasteiger partial charge >= 0.3 is 0 Å². The van der Waals surface area contributed by atoms with Crippen LogP contribution in [0.2, 0.25) is 5.02 Å². The number of hydrogen-bond donors (Lipinski definition) is 1. The summed E-state index contributed by atoms with van der Waals surface area (Å²) in [4.78, 5) is 14.1. The summed E-state index contributed by atoms with van der Waals surface area (Å²) in [5, 5.41) is 4.29. The molecule has 1 N–H and O–H groups in total. The van der Waals surface area contributed by atoms with E-state index in [1.165, 1.54) is 0 Å². The average molecular weight is 329 g/mol. The van der Waals surface area contributed by atoms with Crippen LogP contribution in [0.15, 0.2) is 24.3 Å². The second-order valence-electron chi connectivity index (χ2n) is 4.72. The highest BCUT2D eigenvalue weighted by atomic mass is 35.5. The highest BCUT2D eigenvalue weighted by Gasteiger charge is 2.38. The zero-order valence-electron chi connectivity index (χ0n) is 11.4. The Morgan fingerprint density at radius 2 is 2.30 bits per heavy atom. The van der Waals surface area contributed by atoms with Crippen LogP contribution < -0.4 is 5.32 Å². The van der Waals surface area contributed by atoms with Crippen LogP contribution in [-0.2, 0) is 4.79 Å². The summed E-state index contributed by atoms with van der Waals surface area (Å²) >= 11 is 13.0. The molecule has 3 nitrogen and oxygen atoms in total. The summed E-state index contributed by atoms with van der Waals surface area (Å²) in [6, 6.07) is 7.23. The first-order valence-corrected chi connectivity index (χ1v) is 8.60. The number of carbonyl (C=O) groups is 1. The number of carbonyl (C=O) groups excluding carboxylic acids is 1. The molecular weight excluding hydrogens is 312 g/mol. The van der Waals surface area contributed by atoms with E-state index in [-0.39, 0.29) is 18.0 Å². The predicted octanol–water partition coefficient (Wildman–Crippen LogP) is 3.24. The van der Waals surface area contributed by atoms with E-state index in [1.54, 1.807) is 16.7 Å². The third kappa shape index (κ3) is 3.27. The first-order chi connectivity index (χ1) is 9.54. The van der Waals surface area contributed by atoms with Gasteiger partial charge in [0, 0.05) is 5.02 Å². The van der Waals surface area contributed by atoms with Crippen LogP contribution in [-0.4, -0.2) is 34.0 Å². The van der Waals surface area contributed by atoms with Crippen LogP contribution in [0.5, 0.6) is 0 Å². The molecule has 0 bridgehead atoms. The highest BCUT2D eigenvalue weighted by molar-refractivity contribution is 7.98. The summed E-state index contributed by atoms with van der Waals surface area (Å²) in [5.74, 6) is 0.988. The summed E-state index contributed by atoms with van der Waals surface area (Å²) in [7, 11) is 0. The third-order valence-electron chi connectivity index (χ3n) is 3.38. The van der Waals surface area contributed by atoms with Gasteiger partial charge in [0.1, 0.15) is 6.04 Å². The number of nitrogens with zero attached hydrogens (tertiary/aromatic N) is 1. The van der Waals surface area contributed by atoms with Crippen LogP contribution in [0.1, 0.15) is 24.9 Å². The fourth-order valence-corrected chi connectivity index (χ4v) is 3.32. The number of nitrogens with one attached hydrogen (secondary N) is 1. The Morgan fingerprint density at radius 3 is 2.95 bits per heavy atom. The number of halogens is 1. The third-order valence-corrected chi connectivity index (χ3v) is 4.57. The summed E-state index contributed by atoms with van der Waals surface area (Å²) in [6.45, 7) is 1.97. The lowest BCUT2D eigenvalue weighted by Crippen LogP contribution is -2.34. The number of amides is 1. The molecule has 0 aliphatic carbocycles. The minimum atomic E-state index is -0.198. The molecule has 20 heavy (non-hydrogen) atoms. The van der Waals surface area contributed by atoms with E-state index in [9.17, 15) is 4.79 Å². The molecule has 1 fully saturated rings. The molecule has 1 saturated heterocycles. The molecule has 6 heteroatoms. The molecular formula is C14H17ClN2OS2. The Balaban J connectivity index is 2.15. The lowest BCUT2D eigenvalue weighted by molar-refractivity contribution is -0.128. The van der Waals surface area contributed by atoms with E-state index in [1.807, 2.05) is 37.4 Å².